The van der Waals surface area contributed by atoms with Crippen LogP contribution in [0.2, 0.25) is 0 Å². The summed E-state index contributed by atoms with van der Waals surface area (Å²) in [4.78, 5) is 16.2. The van der Waals surface area contributed by atoms with Gasteiger partial charge in [0.2, 0.25) is 0 Å². The number of nitrogens with zero attached hydrogens (tertiary/aromatic N) is 6. The molecule has 0 N–H and O–H groups in total. The number of hydrogen-bond acceptors (Lipinski definition) is 6. The van der Waals surface area contributed by atoms with Gasteiger partial charge in [-0.15, -0.1) is 48.1 Å². The van der Waals surface area contributed by atoms with Gasteiger partial charge in [-0.3, -0.25) is 4.98 Å². The van der Waals surface area contributed by atoms with Crippen molar-refractivity contribution in [2.75, 3.05) is 14.7 Å². The zero-order valence-corrected chi connectivity index (χ0v) is 35.7. The van der Waals surface area contributed by atoms with Crippen LogP contribution >= 0.6 is 0 Å². The van der Waals surface area contributed by atoms with Crippen LogP contribution in [0.3, 0.4) is 0 Å². The molecule has 0 amide bonds. The molecule has 4 heterocycles. The molecule has 0 atom stereocenters. The van der Waals surface area contributed by atoms with Gasteiger partial charge < -0.3 is 24.0 Å². The molecule has 6 aromatic carbocycles. The number of hydrogen-bond donors (Lipinski definition) is 0. The molecule has 0 fully saturated rings. The molecule has 59 heavy (non-hydrogen) atoms. The molecule has 0 radical (unpaired) electrons. The first-order valence-corrected chi connectivity index (χ1v) is 19.6. The Bertz CT molecular complexity index is 2810. The van der Waals surface area contributed by atoms with Gasteiger partial charge in [0.05, 0.1) is 5.82 Å². The summed E-state index contributed by atoms with van der Waals surface area (Å²) in [6.07, 6.45) is 5.47. The molecule has 7 nitrogen and oxygen atoms in total. The van der Waals surface area contributed by atoms with Crippen molar-refractivity contribution in [3.8, 4) is 28.7 Å². The van der Waals surface area contributed by atoms with Gasteiger partial charge in [0, 0.05) is 79.6 Å². The Morgan fingerprint density at radius 3 is 2.07 bits per heavy atom. The van der Waals surface area contributed by atoms with Gasteiger partial charge in [-0.05, 0) is 85.3 Å². The third kappa shape index (κ3) is 6.50. The Morgan fingerprint density at radius 1 is 0.627 bits per heavy atom. The molecule has 0 bridgehead atoms. The van der Waals surface area contributed by atoms with Crippen LogP contribution in [0.15, 0.2) is 152 Å². The maximum absolute atomic E-state index is 6.88. The van der Waals surface area contributed by atoms with Crippen LogP contribution in [-0.4, -0.2) is 14.5 Å². The zero-order chi connectivity index (χ0) is 39.5. The van der Waals surface area contributed by atoms with E-state index in [0.717, 1.165) is 56.9 Å². The Labute approximate surface area is 360 Å². The fraction of sp³-hybridized carbons (Fsp3) is 0.118. The monoisotopic (exact) mass is 948 g/mol. The number of pyridine rings is 1. The van der Waals surface area contributed by atoms with E-state index >= 15 is 0 Å². The number of para-hydroxylation sites is 4. The molecule has 8 heteroatoms. The van der Waals surface area contributed by atoms with Crippen molar-refractivity contribution >= 4 is 39.8 Å². The minimum Gasteiger partial charge on any atom is -0.503 e. The topological polar surface area (TPSA) is 49.7 Å². The first-order chi connectivity index (χ1) is 28.3. The first-order valence-electron chi connectivity index (χ1n) is 19.6. The number of benzene rings is 6. The van der Waals surface area contributed by atoms with Crippen LogP contribution < -0.4 is 19.4 Å². The van der Waals surface area contributed by atoms with Crippen molar-refractivity contribution in [3.63, 3.8) is 0 Å². The molecule has 0 unspecified atom stereocenters. The van der Waals surface area contributed by atoms with Gasteiger partial charge in [0.15, 0.2) is 0 Å². The van der Waals surface area contributed by atoms with Crippen LogP contribution in [0.5, 0.6) is 11.5 Å². The zero-order valence-electron chi connectivity index (χ0n) is 33.4. The maximum atomic E-state index is 6.88. The van der Waals surface area contributed by atoms with Gasteiger partial charge in [0.25, 0.3) is 0 Å². The van der Waals surface area contributed by atoms with Crippen LogP contribution in [0.25, 0.3) is 17.2 Å². The van der Waals surface area contributed by atoms with Gasteiger partial charge in [-0.2, -0.15) is 0 Å². The van der Waals surface area contributed by atoms with Crippen LogP contribution in [-0.2, 0) is 26.5 Å². The number of rotatable bonds is 7. The molecule has 8 aromatic rings. The molecular weight excluding hydrogens is 908 g/mol. The average Bonchev–Trinajstić information content (AvgIpc) is 3.88. The molecule has 294 valence electrons. The van der Waals surface area contributed by atoms with Gasteiger partial charge >= 0.3 is 0 Å². The summed E-state index contributed by atoms with van der Waals surface area (Å²) >= 11 is 0. The average molecular weight is 949 g/mol. The smallest absolute Gasteiger partial charge is 0.129 e. The molecule has 2 aromatic heterocycles. The Morgan fingerprint density at radius 2 is 1.32 bits per heavy atom. The van der Waals surface area contributed by atoms with E-state index in [-0.39, 0.29) is 21.1 Å². The van der Waals surface area contributed by atoms with E-state index in [0.29, 0.717) is 11.5 Å². The summed E-state index contributed by atoms with van der Waals surface area (Å²) in [5.74, 6) is 2.62. The van der Waals surface area contributed by atoms with Crippen molar-refractivity contribution in [1.82, 2.24) is 14.5 Å². The molecule has 2 aliphatic rings. The summed E-state index contributed by atoms with van der Waals surface area (Å²) in [6.45, 7) is 13.4. The van der Waals surface area contributed by atoms with E-state index in [9.17, 15) is 0 Å². The minimum atomic E-state index is -0.415. The second-order valence-corrected chi connectivity index (χ2v) is 15.5. The van der Waals surface area contributed by atoms with E-state index in [4.69, 9.17) is 9.72 Å². The third-order valence-corrected chi connectivity index (χ3v) is 11.2. The number of fused-ring (bicyclic) bond motifs is 3. The van der Waals surface area contributed by atoms with E-state index in [1.807, 2.05) is 47.2 Å². The van der Waals surface area contributed by atoms with Crippen molar-refractivity contribution in [3.05, 3.63) is 199 Å². The standard InChI is InChI=1S/C51H41N6O.Pt/c1-34-28-35(2)49(36(3)29-34)56-33-55(43-22-11-12-23-44(43)56)45-31-40(58-39-19-15-16-37(30-39)50-53-26-27-54(50)47-24-13-14-25-52-47)32-46-48(45)51(4,5)41-20-9-10-21-42(41)57(46)38-17-7-6-8-18-38;/h6-29,32-33H,1-5H3;/q-3;. The maximum Gasteiger partial charge on any atom is 0.129 e. The predicted molar refractivity (Wildman–Crippen MR) is 233 cm³/mol. The van der Waals surface area contributed by atoms with Gasteiger partial charge in [-0.25, -0.2) is 4.98 Å². The van der Waals surface area contributed by atoms with E-state index in [1.54, 1.807) is 12.4 Å². The number of ether oxygens (including phenoxy) is 1. The van der Waals surface area contributed by atoms with Gasteiger partial charge in [0.1, 0.15) is 5.82 Å². The van der Waals surface area contributed by atoms with Crippen LogP contribution in [0.1, 0.15) is 41.7 Å². The summed E-state index contributed by atoms with van der Waals surface area (Å²) in [5.41, 5.74) is 13.9. The largest absolute Gasteiger partial charge is 0.503 e. The third-order valence-electron chi connectivity index (χ3n) is 11.2. The number of aryl methyl sites for hydroxylation is 3. The summed E-state index contributed by atoms with van der Waals surface area (Å²) in [6, 6.07) is 53.6. The molecule has 0 spiro atoms. The van der Waals surface area contributed by atoms with Crippen molar-refractivity contribution < 1.29 is 25.8 Å². The molecule has 2 aliphatic heterocycles. The second-order valence-electron chi connectivity index (χ2n) is 15.5. The Balaban J connectivity index is 0.00000449. The quantitative estimate of drug-likeness (QED) is 0.148. The van der Waals surface area contributed by atoms with Crippen LogP contribution in [0.4, 0.5) is 39.8 Å². The summed E-state index contributed by atoms with van der Waals surface area (Å²) in [5, 5.41) is 0. The van der Waals surface area contributed by atoms with Crippen molar-refractivity contribution in [2.24, 2.45) is 0 Å². The number of anilines is 7. The number of imidazole rings is 1. The molecular formula is C51H41N6OPt-3. The summed E-state index contributed by atoms with van der Waals surface area (Å²) < 4.78 is 8.83. The fourth-order valence-corrected chi connectivity index (χ4v) is 8.84. The normalized spacial score (nSPS) is 13.7. The summed E-state index contributed by atoms with van der Waals surface area (Å²) in [7, 11) is 0. The SMILES string of the molecule is Cc1cc(C)c(N2[CH-]N(c3[c-]c(Oc4[c-]c(-c5nccn5-c5ccccn5)ccc4)cc4c3C(C)(C)c3ccccc3N4c3ccccc3)c3ccccc32)c(C)c1.[Pt]. The fourth-order valence-electron chi connectivity index (χ4n) is 8.84. The minimum absolute atomic E-state index is 0. The molecule has 0 aliphatic carbocycles. The Kier molecular flexibility index (Phi) is 9.73. The van der Waals surface area contributed by atoms with Gasteiger partial charge in [-0.1, -0.05) is 104 Å². The van der Waals surface area contributed by atoms with Crippen molar-refractivity contribution in [1.29, 1.82) is 0 Å². The molecule has 10 rings (SSSR count). The predicted octanol–water partition coefficient (Wildman–Crippen LogP) is 12.8. The van der Waals surface area contributed by atoms with E-state index in [1.165, 1.54) is 27.9 Å². The second kappa shape index (κ2) is 15.1. The van der Waals surface area contributed by atoms with E-state index in [2.05, 4.69) is 170 Å². The molecule has 0 saturated carbocycles. The van der Waals surface area contributed by atoms with Crippen molar-refractivity contribution in [2.45, 2.75) is 40.0 Å². The van der Waals surface area contributed by atoms with E-state index < -0.39 is 5.41 Å². The van der Waals surface area contributed by atoms with Crippen LogP contribution in [0, 0.1) is 39.6 Å². The molecule has 0 saturated heterocycles. The first kappa shape index (κ1) is 38.1. The Hall–Kier alpha value is -6.43. The number of aromatic nitrogens is 3.